The second-order valence-corrected chi connectivity index (χ2v) is 8.85. The van der Waals surface area contributed by atoms with Crippen LogP contribution in [0.15, 0.2) is 61.2 Å². The van der Waals surface area contributed by atoms with Crippen LogP contribution in [0.4, 0.5) is 5.82 Å². The van der Waals surface area contributed by atoms with Crippen LogP contribution in [-0.2, 0) is 0 Å². The van der Waals surface area contributed by atoms with Gasteiger partial charge in [-0.1, -0.05) is 31.5 Å². The fraction of sp³-hybridized carbons (Fsp3) is 0.296. The first-order valence-electron chi connectivity index (χ1n) is 11.8. The van der Waals surface area contributed by atoms with Gasteiger partial charge in [-0.25, -0.2) is 9.97 Å². The van der Waals surface area contributed by atoms with Gasteiger partial charge in [-0.2, -0.15) is 13.5 Å². The van der Waals surface area contributed by atoms with E-state index < -0.39 is 0 Å². The quantitative estimate of drug-likeness (QED) is 0.380. The molecule has 3 aromatic heterocycles. The zero-order chi connectivity index (χ0) is 23.5. The van der Waals surface area contributed by atoms with E-state index in [9.17, 15) is 4.79 Å². The van der Waals surface area contributed by atoms with E-state index in [1.165, 1.54) is 19.3 Å². The molecule has 0 aliphatic heterocycles. The van der Waals surface area contributed by atoms with Crippen LogP contribution < -0.4 is 10.6 Å². The van der Waals surface area contributed by atoms with Gasteiger partial charge in [0, 0.05) is 60.5 Å². The lowest BCUT2D eigenvalue weighted by atomic mass is 9.82. The molecule has 2 N–H and O–H groups in total. The van der Waals surface area contributed by atoms with Gasteiger partial charge in [-0.3, -0.25) is 14.8 Å². The number of aromatic nitrogens is 4. The van der Waals surface area contributed by atoms with Crippen LogP contribution >= 0.6 is 13.5 Å². The van der Waals surface area contributed by atoms with Crippen molar-refractivity contribution in [3.05, 3.63) is 78.0 Å². The smallest absolute Gasteiger partial charge is 0.251 e. The second kappa shape index (κ2) is 10.8. The highest BCUT2D eigenvalue weighted by atomic mass is 32.1. The molecule has 1 aliphatic carbocycles. The minimum atomic E-state index is -0.111. The number of rotatable bonds is 7. The van der Waals surface area contributed by atoms with Crippen LogP contribution in [0.2, 0.25) is 0 Å². The largest absolute Gasteiger partial charge is 0.369 e. The second-order valence-electron chi connectivity index (χ2n) is 8.85. The Morgan fingerprint density at radius 1 is 1.06 bits per heavy atom. The van der Waals surface area contributed by atoms with Crippen molar-refractivity contribution in [1.82, 2.24) is 25.3 Å². The summed E-state index contributed by atoms with van der Waals surface area (Å²) in [6.45, 7) is 2.82. The zero-order valence-electron chi connectivity index (χ0n) is 20.0. The molecule has 180 valence electrons. The van der Waals surface area contributed by atoms with Crippen molar-refractivity contribution in [2.24, 2.45) is 0 Å². The fourth-order valence-corrected chi connectivity index (χ4v) is 4.44. The van der Waals surface area contributed by atoms with Gasteiger partial charge in [-0.15, -0.1) is 0 Å². The van der Waals surface area contributed by atoms with Crippen LogP contribution in [0, 0.1) is 0 Å². The van der Waals surface area contributed by atoms with Crippen LogP contribution in [0.1, 0.15) is 59.6 Å². The van der Waals surface area contributed by atoms with E-state index in [4.69, 9.17) is 0 Å². The third-order valence-corrected chi connectivity index (χ3v) is 6.66. The van der Waals surface area contributed by atoms with Gasteiger partial charge in [0.2, 0.25) is 0 Å². The molecule has 1 atom stereocenters. The van der Waals surface area contributed by atoms with Crippen LogP contribution in [0.5, 0.6) is 0 Å². The lowest BCUT2D eigenvalue weighted by Gasteiger charge is -2.24. The number of hydrogen-bond donors (Lipinski definition) is 2. The lowest BCUT2D eigenvalue weighted by Crippen LogP contribution is -2.18. The third-order valence-electron chi connectivity index (χ3n) is 6.66. The first kappa shape index (κ1) is 24.6. The Morgan fingerprint density at radius 2 is 1.89 bits per heavy atom. The number of pyridine rings is 2. The number of carbonyl (C=O) groups is 1. The molecule has 35 heavy (non-hydrogen) atoms. The summed E-state index contributed by atoms with van der Waals surface area (Å²) in [5.41, 5.74) is 5.68. The van der Waals surface area contributed by atoms with E-state index in [1.54, 1.807) is 25.6 Å². The van der Waals surface area contributed by atoms with E-state index in [2.05, 4.69) is 49.6 Å². The highest BCUT2D eigenvalue weighted by Gasteiger charge is 2.21. The molecule has 0 spiro atoms. The summed E-state index contributed by atoms with van der Waals surface area (Å²) in [5.74, 6) is 1.40. The number of para-hydroxylation sites is 1. The number of benzene rings is 1. The number of nitrogens with zero attached hydrogens (tertiary/aromatic N) is 4. The molecule has 0 saturated heterocycles. The van der Waals surface area contributed by atoms with E-state index in [0.717, 1.165) is 39.2 Å². The van der Waals surface area contributed by atoms with Crippen molar-refractivity contribution in [1.29, 1.82) is 0 Å². The molecule has 5 rings (SSSR count). The Kier molecular flexibility index (Phi) is 7.60. The molecule has 1 aromatic carbocycles. The summed E-state index contributed by atoms with van der Waals surface area (Å²) in [6.07, 6.45) is 8.90. The van der Waals surface area contributed by atoms with Crippen molar-refractivity contribution >= 4 is 36.1 Å². The van der Waals surface area contributed by atoms with Crippen molar-refractivity contribution in [3.63, 3.8) is 0 Å². The average molecular weight is 487 g/mol. The Balaban J connectivity index is 0.00000289. The lowest BCUT2D eigenvalue weighted by molar-refractivity contribution is 0.0964. The predicted molar refractivity (Wildman–Crippen MR) is 144 cm³/mol. The van der Waals surface area contributed by atoms with Gasteiger partial charge < -0.3 is 10.6 Å². The normalized spacial score (nSPS) is 14.0. The first-order chi connectivity index (χ1) is 16.6. The summed E-state index contributed by atoms with van der Waals surface area (Å²) in [7, 11) is 1.64. The molecule has 4 aromatic rings. The van der Waals surface area contributed by atoms with E-state index in [1.807, 2.05) is 30.5 Å². The molecule has 1 amide bonds. The Bertz CT molecular complexity index is 1340. The van der Waals surface area contributed by atoms with Crippen molar-refractivity contribution in [3.8, 4) is 11.3 Å². The van der Waals surface area contributed by atoms with Crippen molar-refractivity contribution < 1.29 is 4.79 Å². The van der Waals surface area contributed by atoms with E-state index in [0.29, 0.717) is 18.0 Å². The van der Waals surface area contributed by atoms with Crippen molar-refractivity contribution in [2.75, 3.05) is 18.9 Å². The van der Waals surface area contributed by atoms with Crippen molar-refractivity contribution in [2.45, 2.75) is 38.0 Å². The van der Waals surface area contributed by atoms with Gasteiger partial charge in [0.25, 0.3) is 5.91 Å². The van der Waals surface area contributed by atoms with Gasteiger partial charge in [0.1, 0.15) is 12.1 Å². The number of fused-ring (bicyclic) bond motifs is 1. The highest BCUT2D eigenvalue weighted by molar-refractivity contribution is 7.59. The Hall–Kier alpha value is -3.52. The van der Waals surface area contributed by atoms with E-state index in [-0.39, 0.29) is 25.3 Å². The predicted octanol–water partition coefficient (Wildman–Crippen LogP) is 5.04. The maximum Gasteiger partial charge on any atom is 0.251 e. The summed E-state index contributed by atoms with van der Waals surface area (Å²) in [5, 5.41) is 7.02. The highest BCUT2D eigenvalue weighted by Crippen LogP contribution is 2.36. The van der Waals surface area contributed by atoms with Crippen LogP contribution in [-0.4, -0.2) is 39.4 Å². The van der Waals surface area contributed by atoms with Crippen LogP contribution in [0.25, 0.3) is 22.2 Å². The number of carbonyl (C=O) groups excluding carboxylic acids is 1. The van der Waals surface area contributed by atoms with Gasteiger partial charge in [0.05, 0.1) is 16.8 Å². The van der Waals surface area contributed by atoms with Gasteiger partial charge in [-0.05, 0) is 36.6 Å². The molecule has 8 heteroatoms. The van der Waals surface area contributed by atoms with Crippen LogP contribution in [0.3, 0.4) is 0 Å². The number of nitrogens with one attached hydrogen (secondary N) is 2. The molecule has 0 unspecified atom stereocenters. The maximum absolute atomic E-state index is 12.3. The van der Waals surface area contributed by atoms with Gasteiger partial charge >= 0.3 is 0 Å². The average Bonchev–Trinajstić information content (AvgIpc) is 2.85. The summed E-state index contributed by atoms with van der Waals surface area (Å²) >= 11 is 0. The molecule has 1 saturated carbocycles. The number of amides is 1. The Morgan fingerprint density at radius 3 is 2.66 bits per heavy atom. The number of hydrogen-bond acceptors (Lipinski definition) is 6. The minimum Gasteiger partial charge on any atom is -0.369 e. The third kappa shape index (κ3) is 5.12. The minimum absolute atomic E-state index is 0. The maximum atomic E-state index is 12.3. The Labute approximate surface area is 212 Å². The van der Waals surface area contributed by atoms with Gasteiger partial charge in [0.15, 0.2) is 0 Å². The molecule has 1 aliphatic rings. The molecule has 0 bridgehead atoms. The van der Waals surface area contributed by atoms with E-state index >= 15 is 0 Å². The zero-order valence-corrected chi connectivity index (χ0v) is 21.0. The fourth-order valence-electron chi connectivity index (χ4n) is 4.44. The molecule has 7 nitrogen and oxygen atoms in total. The first-order valence-corrected chi connectivity index (χ1v) is 11.8. The topological polar surface area (TPSA) is 92.7 Å². The monoisotopic (exact) mass is 486 g/mol. The summed E-state index contributed by atoms with van der Waals surface area (Å²) < 4.78 is 0. The number of anilines is 1. The standard InChI is InChI=1S/C27H28N6O.H2S/c1-17(20-7-4-8-21-22(27(34)28-2)10-12-30-26(20)21)15-31-25-14-24(32-16-33-25)19-9-11-29-23(13-19)18-5-3-6-18;/h4,7-14,16-18H,3,5-6,15H2,1-2H3,(H,28,34)(H,31,32,33);1H2/t17-;/m1./s1. The molecular weight excluding hydrogens is 456 g/mol. The summed E-state index contributed by atoms with van der Waals surface area (Å²) in [6, 6.07) is 13.9. The molecule has 0 radical (unpaired) electrons. The molecule has 1 fully saturated rings. The molecule has 3 heterocycles. The SMILES string of the molecule is CNC(=O)c1ccnc2c([C@H](C)CNc3cc(-c4ccnc(C5CCC5)c4)ncn3)cccc12.S. The summed E-state index contributed by atoms with van der Waals surface area (Å²) in [4.78, 5) is 30.3. The molecular formula is C27H30N6OS.